The van der Waals surface area contributed by atoms with Crippen molar-refractivity contribution >= 4 is 0 Å². The van der Waals surface area contributed by atoms with Gasteiger partial charge in [0.1, 0.15) is 0 Å². The van der Waals surface area contributed by atoms with Crippen LogP contribution in [0.2, 0.25) is 0 Å². The van der Waals surface area contributed by atoms with Crippen molar-refractivity contribution in [1.82, 2.24) is 0 Å². The lowest BCUT2D eigenvalue weighted by molar-refractivity contribution is 0.145. The lowest BCUT2D eigenvalue weighted by Crippen LogP contribution is -2.04. The average Bonchev–Trinajstić information content (AvgIpc) is 2.84. The zero-order valence-electron chi connectivity index (χ0n) is 9.29. The Morgan fingerprint density at radius 3 is 1.43 bits per heavy atom. The molecule has 0 aromatic rings. The van der Waals surface area contributed by atoms with Crippen molar-refractivity contribution in [2.24, 2.45) is 11.8 Å². The smallest absolute Gasteiger partial charge is 0.0652 e. The Morgan fingerprint density at radius 2 is 1.21 bits per heavy atom. The first-order chi connectivity index (χ1) is 6.42. The molecule has 2 saturated carbocycles. The van der Waals surface area contributed by atoms with E-state index in [1.807, 2.05) is 13.8 Å². The third kappa shape index (κ3) is 2.29. The molecule has 14 heavy (non-hydrogen) atoms. The van der Waals surface area contributed by atoms with E-state index in [4.69, 9.17) is 0 Å². The largest absolute Gasteiger partial charge is 0.390 e. The molecular formula is C12H22O2. The molecule has 82 valence electrons. The number of aliphatic hydroxyl groups is 2. The normalized spacial score (nSPS) is 50.6. The van der Waals surface area contributed by atoms with Crippen LogP contribution in [-0.4, -0.2) is 21.4 Å². The van der Waals surface area contributed by atoms with E-state index >= 15 is 0 Å². The molecule has 2 N–H and O–H groups in total. The fourth-order valence-electron chi connectivity index (χ4n) is 2.49. The third-order valence-electron chi connectivity index (χ3n) is 4.11. The van der Waals surface area contributed by atoms with E-state index in [1.165, 1.54) is 25.7 Å². The second-order valence-electron chi connectivity index (χ2n) is 5.80. The highest BCUT2D eigenvalue weighted by Gasteiger charge is 2.49. The van der Waals surface area contributed by atoms with Crippen molar-refractivity contribution in [2.75, 3.05) is 0 Å². The van der Waals surface area contributed by atoms with Crippen LogP contribution >= 0.6 is 0 Å². The van der Waals surface area contributed by atoms with Gasteiger partial charge in [-0.3, -0.25) is 0 Å². The van der Waals surface area contributed by atoms with Gasteiger partial charge in [0.25, 0.3) is 0 Å². The van der Waals surface area contributed by atoms with Gasteiger partial charge in [-0.25, -0.2) is 0 Å². The molecule has 0 spiro atoms. The maximum atomic E-state index is 9.56. The van der Waals surface area contributed by atoms with Crippen LogP contribution in [0.25, 0.3) is 0 Å². The summed E-state index contributed by atoms with van der Waals surface area (Å²) in [6.45, 7) is 3.87. The van der Waals surface area contributed by atoms with Gasteiger partial charge in [0.05, 0.1) is 11.2 Å². The van der Waals surface area contributed by atoms with Crippen molar-refractivity contribution in [1.29, 1.82) is 0 Å². The van der Waals surface area contributed by atoms with Crippen LogP contribution < -0.4 is 0 Å². The second kappa shape index (κ2) is 3.21. The van der Waals surface area contributed by atoms with E-state index in [1.54, 1.807) is 0 Å². The monoisotopic (exact) mass is 198 g/mol. The lowest BCUT2D eigenvalue weighted by Gasteiger charge is -2.04. The summed E-state index contributed by atoms with van der Waals surface area (Å²) in [6.07, 6.45) is 6.76. The molecule has 2 aliphatic rings. The Labute approximate surface area is 86.3 Å². The third-order valence-corrected chi connectivity index (χ3v) is 4.11. The molecule has 0 heterocycles. The molecule has 0 unspecified atom stereocenters. The SMILES string of the molecule is C[C@]1(O)C[C@@H]1CCCC[C@@H]1C[C@@]1(C)O. The fraction of sp³-hybridized carbons (Fsp3) is 1.00. The molecule has 0 amide bonds. The molecule has 0 aromatic carbocycles. The zero-order chi connectivity index (χ0) is 10.4. The average molecular weight is 198 g/mol. The van der Waals surface area contributed by atoms with Crippen LogP contribution in [0.4, 0.5) is 0 Å². The highest BCUT2D eigenvalue weighted by atomic mass is 16.3. The molecule has 2 heteroatoms. The molecule has 2 fully saturated rings. The first-order valence-corrected chi connectivity index (χ1v) is 5.86. The van der Waals surface area contributed by atoms with Crippen LogP contribution in [0.1, 0.15) is 52.4 Å². The van der Waals surface area contributed by atoms with E-state index in [2.05, 4.69) is 0 Å². The van der Waals surface area contributed by atoms with Crippen LogP contribution in [0.15, 0.2) is 0 Å². The standard InChI is InChI=1S/C12H22O2/c1-11(13)7-9(11)5-3-4-6-10-8-12(10,2)14/h9-10,13-14H,3-8H2,1-2H3/t9-,10+,11-,12+. The second-order valence-corrected chi connectivity index (χ2v) is 5.80. The maximum Gasteiger partial charge on any atom is 0.0652 e. The predicted octanol–water partition coefficient (Wildman–Crippen LogP) is 2.09. The van der Waals surface area contributed by atoms with Crippen molar-refractivity contribution in [3.05, 3.63) is 0 Å². The first kappa shape index (κ1) is 10.4. The van der Waals surface area contributed by atoms with Crippen LogP contribution in [0, 0.1) is 11.8 Å². The summed E-state index contributed by atoms with van der Waals surface area (Å²) in [5, 5.41) is 19.1. The molecule has 4 atom stereocenters. The fourth-order valence-corrected chi connectivity index (χ4v) is 2.49. The molecule has 0 saturated heterocycles. The summed E-state index contributed by atoms with van der Waals surface area (Å²) < 4.78 is 0. The predicted molar refractivity (Wildman–Crippen MR) is 55.9 cm³/mol. The van der Waals surface area contributed by atoms with Gasteiger partial charge in [0.2, 0.25) is 0 Å². The molecule has 2 rings (SSSR count). The molecule has 0 radical (unpaired) electrons. The van der Waals surface area contributed by atoms with E-state index in [0.29, 0.717) is 11.8 Å². The van der Waals surface area contributed by atoms with Crippen molar-refractivity contribution in [3.63, 3.8) is 0 Å². The van der Waals surface area contributed by atoms with Gasteiger partial charge in [-0.15, -0.1) is 0 Å². The quantitative estimate of drug-likeness (QED) is 0.664. The molecule has 2 nitrogen and oxygen atoms in total. The summed E-state index contributed by atoms with van der Waals surface area (Å²) in [4.78, 5) is 0. The van der Waals surface area contributed by atoms with E-state index in [-0.39, 0.29) is 11.2 Å². The van der Waals surface area contributed by atoms with Crippen molar-refractivity contribution < 1.29 is 10.2 Å². The molecular weight excluding hydrogens is 176 g/mol. The summed E-state index contributed by atoms with van der Waals surface area (Å²) >= 11 is 0. The van der Waals surface area contributed by atoms with Crippen LogP contribution in [0.3, 0.4) is 0 Å². The summed E-state index contributed by atoms with van der Waals surface area (Å²) in [5.74, 6) is 1.12. The Hall–Kier alpha value is -0.0800. The van der Waals surface area contributed by atoms with Gasteiger partial charge in [-0.05, 0) is 51.4 Å². The van der Waals surface area contributed by atoms with E-state index < -0.39 is 0 Å². The molecule has 0 aromatic heterocycles. The molecule has 2 aliphatic carbocycles. The van der Waals surface area contributed by atoms with Crippen LogP contribution in [-0.2, 0) is 0 Å². The van der Waals surface area contributed by atoms with Gasteiger partial charge >= 0.3 is 0 Å². The van der Waals surface area contributed by atoms with Gasteiger partial charge in [-0.1, -0.05) is 12.8 Å². The summed E-state index contributed by atoms with van der Waals surface area (Å²) in [5.41, 5.74) is -0.684. The topological polar surface area (TPSA) is 40.5 Å². The Bertz CT molecular complexity index is 196. The lowest BCUT2D eigenvalue weighted by atomic mass is 10.1. The van der Waals surface area contributed by atoms with Crippen LogP contribution in [0.5, 0.6) is 0 Å². The van der Waals surface area contributed by atoms with Crippen molar-refractivity contribution in [2.45, 2.75) is 63.6 Å². The maximum absolute atomic E-state index is 9.56. The summed E-state index contributed by atoms with van der Waals surface area (Å²) in [7, 11) is 0. The molecule has 0 bridgehead atoms. The van der Waals surface area contributed by atoms with Gasteiger partial charge < -0.3 is 10.2 Å². The van der Waals surface area contributed by atoms with E-state index in [0.717, 1.165) is 12.8 Å². The minimum Gasteiger partial charge on any atom is -0.390 e. The highest BCUT2D eigenvalue weighted by Crippen LogP contribution is 2.48. The minimum absolute atomic E-state index is 0.342. The van der Waals surface area contributed by atoms with Gasteiger partial charge in [0, 0.05) is 0 Å². The minimum atomic E-state index is -0.342. The Balaban J connectivity index is 1.49. The number of hydrogen-bond acceptors (Lipinski definition) is 2. The first-order valence-electron chi connectivity index (χ1n) is 5.86. The Morgan fingerprint density at radius 1 is 0.929 bits per heavy atom. The summed E-state index contributed by atoms with van der Waals surface area (Å²) in [6, 6.07) is 0. The van der Waals surface area contributed by atoms with Gasteiger partial charge in [0.15, 0.2) is 0 Å². The van der Waals surface area contributed by atoms with E-state index in [9.17, 15) is 10.2 Å². The zero-order valence-corrected chi connectivity index (χ0v) is 9.29. The number of unbranched alkanes of at least 4 members (excludes halogenated alkanes) is 1. The molecule has 0 aliphatic heterocycles. The highest BCUT2D eigenvalue weighted by molar-refractivity contribution is 5.00. The Kier molecular flexibility index (Phi) is 2.39. The number of rotatable bonds is 5. The van der Waals surface area contributed by atoms with Crippen molar-refractivity contribution in [3.8, 4) is 0 Å². The van der Waals surface area contributed by atoms with Gasteiger partial charge in [-0.2, -0.15) is 0 Å². The number of hydrogen-bond donors (Lipinski definition) is 2.